The van der Waals surface area contributed by atoms with Gasteiger partial charge in [-0.3, -0.25) is 0 Å². The number of nitrogens with zero attached hydrogens (tertiary/aromatic N) is 3. The van der Waals surface area contributed by atoms with Crippen LogP contribution < -0.4 is 10.6 Å². The lowest BCUT2D eigenvalue weighted by Gasteiger charge is -2.34. The Morgan fingerprint density at radius 1 is 1.10 bits per heavy atom. The molecular formula is C16H28N4. The molecule has 0 radical (unpaired) electrons. The molecule has 4 heteroatoms. The van der Waals surface area contributed by atoms with Gasteiger partial charge < -0.3 is 20.4 Å². The van der Waals surface area contributed by atoms with Crippen LogP contribution >= 0.6 is 0 Å². The van der Waals surface area contributed by atoms with Crippen LogP contribution in [0.15, 0.2) is 24.3 Å². The molecule has 2 rings (SSSR count). The molecule has 0 amide bonds. The Kier molecular flexibility index (Phi) is 5.40. The van der Waals surface area contributed by atoms with Gasteiger partial charge in [0.1, 0.15) is 0 Å². The summed E-state index contributed by atoms with van der Waals surface area (Å²) >= 11 is 0. The minimum Gasteiger partial charge on any atom is -0.378 e. The van der Waals surface area contributed by atoms with E-state index in [4.69, 9.17) is 5.73 Å². The van der Waals surface area contributed by atoms with Gasteiger partial charge in [-0.1, -0.05) is 12.1 Å². The van der Waals surface area contributed by atoms with E-state index >= 15 is 0 Å². The maximum atomic E-state index is 6.00. The minimum atomic E-state index is 0.439. The fourth-order valence-corrected chi connectivity index (χ4v) is 2.70. The quantitative estimate of drug-likeness (QED) is 0.872. The van der Waals surface area contributed by atoms with Gasteiger partial charge in [-0.15, -0.1) is 0 Å². The molecule has 2 N–H and O–H groups in total. The number of hydrogen-bond acceptors (Lipinski definition) is 4. The number of piperazine rings is 1. The standard InChI is InChI=1S/C16H28N4/c1-18(2)16-6-4-14(5-7-16)15(12-17)13-20-10-8-19(3)9-11-20/h4-7,15H,8-13,17H2,1-3H3. The van der Waals surface area contributed by atoms with Crippen LogP contribution in [0.5, 0.6) is 0 Å². The van der Waals surface area contributed by atoms with E-state index < -0.39 is 0 Å². The number of hydrogen-bond donors (Lipinski definition) is 1. The third-order valence-corrected chi connectivity index (χ3v) is 4.24. The summed E-state index contributed by atoms with van der Waals surface area (Å²) in [6, 6.07) is 8.82. The Bertz CT molecular complexity index is 393. The Balaban J connectivity index is 1.97. The van der Waals surface area contributed by atoms with Crippen molar-refractivity contribution in [1.29, 1.82) is 0 Å². The second-order valence-electron chi connectivity index (χ2n) is 6.02. The van der Waals surface area contributed by atoms with Gasteiger partial charge in [0.25, 0.3) is 0 Å². The van der Waals surface area contributed by atoms with Crippen molar-refractivity contribution in [3.63, 3.8) is 0 Å². The lowest BCUT2D eigenvalue weighted by molar-refractivity contribution is 0.147. The van der Waals surface area contributed by atoms with Crippen molar-refractivity contribution < 1.29 is 0 Å². The van der Waals surface area contributed by atoms with E-state index in [0.29, 0.717) is 12.5 Å². The van der Waals surface area contributed by atoms with Crippen LogP contribution in [0.4, 0.5) is 5.69 Å². The number of benzene rings is 1. The van der Waals surface area contributed by atoms with Crippen molar-refractivity contribution in [2.24, 2.45) is 5.73 Å². The normalized spacial score (nSPS) is 19.0. The molecule has 1 aliphatic heterocycles. The lowest BCUT2D eigenvalue weighted by atomic mass is 9.98. The number of nitrogens with two attached hydrogens (primary N) is 1. The average molecular weight is 276 g/mol. The van der Waals surface area contributed by atoms with Gasteiger partial charge in [-0.2, -0.15) is 0 Å². The first-order chi connectivity index (χ1) is 9.60. The molecule has 1 aromatic rings. The van der Waals surface area contributed by atoms with E-state index in [0.717, 1.165) is 32.7 Å². The SMILES string of the molecule is CN1CCN(CC(CN)c2ccc(N(C)C)cc2)CC1. The van der Waals surface area contributed by atoms with E-state index in [-0.39, 0.29) is 0 Å². The van der Waals surface area contributed by atoms with Gasteiger partial charge in [0, 0.05) is 65.0 Å². The molecule has 1 unspecified atom stereocenters. The van der Waals surface area contributed by atoms with Crippen LogP contribution in [-0.4, -0.2) is 70.2 Å². The van der Waals surface area contributed by atoms with Crippen molar-refractivity contribution in [1.82, 2.24) is 9.80 Å². The highest BCUT2D eigenvalue weighted by Gasteiger charge is 2.18. The highest BCUT2D eigenvalue weighted by molar-refractivity contribution is 5.46. The molecule has 1 heterocycles. The molecule has 1 atom stereocenters. The van der Waals surface area contributed by atoms with Crippen molar-refractivity contribution in [2.45, 2.75) is 5.92 Å². The zero-order valence-electron chi connectivity index (χ0n) is 13.0. The molecule has 1 aliphatic rings. The average Bonchev–Trinajstić information content (AvgIpc) is 2.47. The number of likely N-dealkylation sites (N-methyl/N-ethyl adjacent to an activating group) is 1. The molecule has 1 aromatic carbocycles. The predicted molar refractivity (Wildman–Crippen MR) is 86.5 cm³/mol. The summed E-state index contributed by atoms with van der Waals surface area (Å²) in [6.07, 6.45) is 0. The Hall–Kier alpha value is -1.10. The minimum absolute atomic E-state index is 0.439. The molecule has 0 aliphatic carbocycles. The van der Waals surface area contributed by atoms with Gasteiger partial charge in [0.05, 0.1) is 0 Å². The van der Waals surface area contributed by atoms with E-state index in [1.165, 1.54) is 11.3 Å². The zero-order chi connectivity index (χ0) is 14.5. The summed E-state index contributed by atoms with van der Waals surface area (Å²) in [5.41, 5.74) is 8.60. The molecule has 0 spiro atoms. The Morgan fingerprint density at radius 2 is 1.70 bits per heavy atom. The summed E-state index contributed by atoms with van der Waals surface area (Å²) in [4.78, 5) is 7.05. The van der Waals surface area contributed by atoms with Gasteiger partial charge in [0.15, 0.2) is 0 Å². The molecule has 0 aromatic heterocycles. The Morgan fingerprint density at radius 3 is 2.20 bits per heavy atom. The van der Waals surface area contributed by atoms with Crippen LogP contribution in [0, 0.1) is 0 Å². The van der Waals surface area contributed by atoms with E-state index in [1.807, 2.05) is 0 Å². The molecule has 112 valence electrons. The maximum absolute atomic E-state index is 6.00. The first-order valence-corrected chi connectivity index (χ1v) is 7.48. The van der Waals surface area contributed by atoms with Crippen molar-refractivity contribution in [3.05, 3.63) is 29.8 Å². The molecule has 1 fully saturated rings. The maximum Gasteiger partial charge on any atom is 0.0361 e. The van der Waals surface area contributed by atoms with Crippen molar-refractivity contribution in [2.75, 3.05) is 65.3 Å². The largest absolute Gasteiger partial charge is 0.378 e. The van der Waals surface area contributed by atoms with E-state index in [9.17, 15) is 0 Å². The first-order valence-electron chi connectivity index (χ1n) is 7.48. The van der Waals surface area contributed by atoms with Gasteiger partial charge in [-0.25, -0.2) is 0 Å². The second kappa shape index (κ2) is 7.07. The summed E-state index contributed by atoms with van der Waals surface area (Å²) < 4.78 is 0. The fraction of sp³-hybridized carbons (Fsp3) is 0.625. The number of anilines is 1. The van der Waals surface area contributed by atoms with E-state index in [2.05, 4.69) is 60.1 Å². The molecule has 0 saturated carbocycles. The van der Waals surface area contributed by atoms with Crippen LogP contribution in [0.25, 0.3) is 0 Å². The topological polar surface area (TPSA) is 35.7 Å². The van der Waals surface area contributed by atoms with Crippen molar-refractivity contribution >= 4 is 5.69 Å². The van der Waals surface area contributed by atoms with Crippen LogP contribution in [0.3, 0.4) is 0 Å². The Labute approximate surface area is 123 Å². The summed E-state index contributed by atoms with van der Waals surface area (Å²) in [6.45, 7) is 6.43. The van der Waals surface area contributed by atoms with Crippen molar-refractivity contribution in [3.8, 4) is 0 Å². The van der Waals surface area contributed by atoms with Gasteiger partial charge in [-0.05, 0) is 24.7 Å². The third-order valence-electron chi connectivity index (χ3n) is 4.24. The van der Waals surface area contributed by atoms with Gasteiger partial charge >= 0.3 is 0 Å². The lowest BCUT2D eigenvalue weighted by Crippen LogP contribution is -2.46. The molecule has 0 bridgehead atoms. The van der Waals surface area contributed by atoms with Crippen LogP contribution in [-0.2, 0) is 0 Å². The summed E-state index contributed by atoms with van der Waals surface area (Å²) in [7, 11) is 6.33. The second-order valence-corrected chi connectivity index (χ2v) is 6.02. The molecule has 4 nitrogen and oxygen atoms in total. The highest BCUT2D eigenvalue weighted by Crippen LogP contribution is 2.20. The summed E-state index contributed by atoms with van der Waals surface area (Å²) in [5, 5.41) is 0. The molecule has 1 saturated heterocycles. The predicted octanol–water partition coefficient (Wildman–Crippen LogP) is 1.04. The zero-order valence-corrected chi connectivity index (χ0v) is 13.0. The molecular weight excluding hydrogens is 248 g/mol. The van der Waals surface area contributed by atoms with E-state index in [1.54, 1.807) is 0 Å². The van der Waals surface area contributed by atoms with Crippen LogP contribution in [0.1, 0.15) is 11.5 Å². The van der Waals surface area contributed by atoms with Gasteiger partial charge in [0.2, 0.25) is 0 Å². The van der Waals surface area contributed by atoms with Crippen LogP contribution in [0.2, 0.25) is 0 Å². The smallest absolute Gasteiger partial charge is 0.0361 e. The third kappa shape index (κ3) is 3.95. The fourth-order valence-electron chi connectivity index (χ4n) is 2.70. The number of rotatable bonds is 5. The highest BCUT2D eigenvalue weighted by atomic mass is 15.2. The summed E-state index contributed by atoms with van der Waals surface area (Å²) in [5.74, 6) is 0.439. The molecule has 20 heavy (non-hydrogen) atoms. The first kappa shape index (κ1) is 15.3. The monoisotopic (exact) mass is 276 g/mol.